The number of anilines is 1. The van der Waals surface area contributed by atoms with Gasteiger partial charge in [0.25, 0.3) is 0 Å². The molecule has 0 saturated heterocycles. The molecule has 1 aliphatic rings. The minimum atomic E-state index is -4.79. The van der Waals surface area contributed by atoms with Gasteiger partial charge in [0.1, 0.15) is 6.04 Å². The smallest absolute Gasteiger partial charge is 0.416 e. The van der Waals surface area contributed by atoms with Crippen LogP contribution in [-0.4, -0.2) is 51.7 Å². The summed E-state index contributed by atoms with van der Waals surface area (Å²) in [6.45, 7) is 1.22. The third-order valence-corrected chi connectivity index (χ3v) is 6.38. The van der Waals surface area contributed by atoms with Crippen molar-refractivity contribution in [1.82, 2.24) is 15.1 Å². The van der Waals surface area contributed by atoms with Gasteiger partial charge in [0, 0.05) is 35.0 Å². The molecule has 206 valence electrons. The summed E-state index contributed by atoms with van der Waals surface area (Å²) in [4.78, 5) is 41.0. The highest BCUT2D eigenvalue weighted by molar-refractivity contribution is 6.30. The van der Waals surface area contributed by atoms with E-state index >= 15 is 0 Å². The Hall–Kier alpha value is -4.33. The Morgan fingerprint density at radius 3 is 2.51 bits per heavy atom. The van der Waals surface area contributed by atoms with Gasteiger partial charge in [-0.1, -0.05) is 11.6 Å². The largest absolute Gasteiger partial charge is 0.481 e. The molecular formula is C24H23ClF3N7O4. The van der Waals surface area contributed by atoms with E-state index in [1.54, 1.807) is 0 Å². The zero-order valence-corrected chi connectivity index (χ0v) is 20.9. The number of carbonyl (C=O) groups excluding carboxylic acids is 2. The zero-order chi connectivity index (χ0) is 28.5. The SMILES string of the molecule is NC(=O)c1cc(NC2=NCCCN2)c2cnn(C(C(N)=O)[C@@H](CC(=O)O)c3cc(Cl)cc(C(F)(F)F)c3)c2c1. The molecule has 0 aliphatic carbocycles. The number of nitrogens with zero attached hydrogens (tertiary/aromatic N) is 3. The highest BCUT2D eigenvalue weighted by Gasteiger charge is 2.37. The lowest BCUT2D eigenvalue weighted by atomic mass is 9.87. The summed E-state index contributed by atoms with van der Waals surface area (Å²) in [5.41, 5.74) is 10.4. The molecule has 1 aromatic heterocycles. The van der Waals surface area contributed by atoms with E-state index in [9.17, 15) is 32.7 Å². The average Bonchev–Trinajstić information content (AvgIpc) is 3.27. The Labute approximate surface area is 224 Å². The third-order valence-electron chi connectivity index (χ3n) is 6.16. The monoisotopic (exact) mass is 565 g/mol. The van der Waals surface area contributed by atoms with Gasteiger partial charge in [0.15, 0.2) is 5.96 Å². The number of aliphatic carboxylic acids is 1. The number of guanidine groups is 1. The maximum absolute atomic E-state index is 13.5. The molecule has 11 nitrogen and oxygen atoms in total. The molecule has 2 atom stereocenters. The number of hydrogen-bond acceptors (Lipinski definition) is 7. The topological polar surface area (TPSA) is 178 Å². The number of aliphatic imine (C=N–C) groups is 1. The van der Waals surface area contributed by atoms with Crippen molar-refractivity contribution in [2.75, 3.05) is 18.4 Å². The number of hydrogen-bond donors (Lipinski definition) is 5. The van der Waals surface area contributed by atoms with Crippen LogP contribution in [-0.2, 0) is 15.8 Å². The molecule has 0 fully saturated rings. The van der Waals surface area contributed by atoms with Crippen LogP contribution in [0, 0.1) is 0 Å². The Kier molecular flexibility index (Phi) is 7.67. The van der Waals surface area contributed by atoms with E-state index in [-0.39, 0.29) is 21.7 Å². The second kappa shape index (κ2) is 10.8. The summed E-state index contributed by atoms with van der Waals surface area (Å²) in [6.07, 6.45) is -3.40. The predicted molar refractivity (Wildman–Crippen MR) is 136 cm³/mol. The first-order valence-electron chi connectivity index (χ1n) is 11.6. The van der Waals surface area contributed by atoms with Gasteiger partial charge in [-0.05, 0) is 42.3 Å². The molecule has 2 aromatic carbocycles. The van der Waals surface area contributed by atoms with E-state index in [0.29, 0.717) is 36.2 Å². The number of primary amides is 2. The number of carboxylic acids is 1. The molecule has 2 amide bonds. The number of benzene rings is 2. The first kappa shape index (κ1) is 27.7. The lowest BCUT2D eigenvalue weighted by Gasteiger charge is -2.26. The van der Waals surface area contributed by atoms with E-state index < -0.39 is 47.9 Å². The van der Waals surface area contributed by atoms with Crippen LogP contribution in [0.15, 0.2) is 41.5 Å². The molecule has 1 unspecified atom stereocenters. The van der Waals surface area contributed by atoms with Crippen LogP contribution < -0.4 is 22.1 Å². The third kappa shape index (κ3) is 6.06. The Morgan fingerprint density at radius 1 is 1.18 bits per heavy atom. The fraction of sp³-hybridized carbons (Fsp3) is 0.292. The summed E-state index contributed by atoms with van der Waals surface area (Å²) in [5.74, 6) is -4.28. The maximum Gasteiger partial charge on any atom is 0.416 e. The molecule has 2 heterocycles. The number of carboxylic acid groups (broad SMARTS) is 1. The molecular weight excluding hydrogens is 543 g/mol. The van der Waals surface area contributed by atoms with Gasteiger partial charge in [-0.3, -0.25) is 24.1 Å². The van der Waals surface area contributed by atoms with Gasteiger partial charge >= 0.3 is 12.1 Å². The lowest BCUT2D eigenvalue weighted by molar-refractivity contribution is -0.138. The summed E-state index contributed by atoms with van der Waals surface area (Å²) < 4.78 is 41.6. The number of alkyl halides is 3. The van der Waals surface area contributed by atoms with Crippen LogP contribution in [0.2, 0.25) is 5.02 Å². The normalized spacial score (nSPS) is 15.2. The van der Waals surface area contributed by atoms with Gasteiger partial charge in [0.2, 0.25) is 11.8 Å². The fourth-order valence-electron chi connectivity index (χ4n) is 4.44. The first-order valence-corrected chi connectivity index (χ1v) is 12.0. The van der Waals surface area contributed by atoms with Crippen LogP contribution in [0.4, 0.5) is 18.9 Å². The molecule has 0 radical (unpaired) electrons. The predicted octanol–water partition coefficient (Wildman–Crippen LogP) is 2.85. The Bertz CT molecular complexity index is 1490. The zero-order valence-electron chi connectivity index (χ0n) is 20.1. The summed E-state index contributed by atoms with van der Waals surface area (Å²) in [5, 5.41) is 20.0. The molecule has 0 saturated carbocycles. The van der Waals surface area contributed by atoms with E-state index in [2.05, 4.69) is 20.7 Å². The van der Waals surface area contributed by atoms with Gasteiger partial charge in [-0.25, -0.2) is 0 Å². The number of nitrogens with two attached hydrogens (primary N) is 2. The van der Waals surface area contributed by atoms with Crippen LogP contribution >= 0.6 is 11.6 Å². The minimum absolute atomic E-state index is 0.0169. The number of nitrogens with one attached hydrogen (secondary N) is 2. The fourth-order valence-corrected chi connectivity index (χ4v) is 4.68. The van der Waals surface area contributed by atoms with Crippen molar-refractivity contribution in [2.24, 2.45) is 16.5 Å². The number of rotatable bonds is 8. The Balaban J connectivity index is 1.91. The van der Waals surface area contributed by atoms with Crippen molar-refractivity contribution in [3.63, 3.8) is 0 Å². The highest BCUT2D eigenvalue weighted by Crippen LogP contribution is 2.39. The number of amides is 2. The van der Waals surface area contributed by atoms with Gasteiger partial charge in [-0.15, -0.1) is 0 Å². The van der Waals surface area contributed by atoms with E-state index in [4.69, 9.17) is 23.1 Å². The molecule has 0 spiro atoms. The average molecular weight is 566 g/mol. The number of aromatic nitrogens is 2. The van der Waals surface area contributed by atoms with Crippen LogP contribution in [0.1, 0.15) is 46.3 Å². The van der Waals surface area contributed by atoms with Crippen LogP contribution in [0.5, 0.6) is 0 Å². The van der Waals surface area contributed by atoms with Crippen LogP contribution in [0.3, 0.4) is 0 Å². The number of fused-ring (bicyclic) bond motifs is 1. The van der Waals surface area contributed by atoms with Gasteiger partial charge in [-0.2, -0.15) is 18.3 Å². The van der Waals surface area contributed by atoms with Gasteiger partial charge in [0.05, 0.1) is 29.4 Å². The second-order valence-corrected chi connectivity index (χ2v) is 9.30. The van der Waals surface area contributed by atoms with Gasteiger partial charge < -0.3 is 27.2 Å². The number of halogens is 4. The molecule has 39 heavy (non-hydrogen) atoms. The minimum Gasteiger partial charge on any atom is -0.481 e. The molecule has 0 bridgehead atoms. The summed E-state index contributed by atoms with van der Waals surface area (Å²) in [7, 11) is 0. The Morgan fingerprint density at radius 2 is 1.92 bits per heavy atom. The van der Waals surface area contributed by atoms with Crippen molar-refractivity contribution in [1.29, 1.82) is 0 Å². The molecule has 3 aromatic rings. The van der Waals surface area contributed by atoms with Crippen LogP contribution in [0.25, 0.3) is 10.9 Å². The second-order valence-electron chi connectivity index (χ2n) is 8.87. The lowest BCUT2D eigenvalue weighted by Crippen LogP contribution is -2.35. The maximum atomic E-state index is 13.5. The van der Waals surface area contributed by atoms with Crippen molar-refractivity contribution < 1.29 is 32.7 Å². The van der Waals surface area contributed by atoms with Crippen molar-refractivity contribution in [3.05, 3.63) is 58.2 Å². The van der Waals surface area contributed by atoms with Crippen molar-refractivity contribution >= 4 is 51.9 Å². The molecule has 4 rings (SSSR count). The standard InChI is InChI=1S/C24H23ClF3N7O4/c25-14-5-11(4-13(8-14)24(26,27)28)15(9-19(36)37)20(22(30)39)35-18-7-12(21(29)38)6-17(16(18)10-33-35)34-23-31-2-1-3-32-23/h4-8,10,15,20H,1-3,9H2,(H2,29,38)(H2,30,39)(H,36,37)(H2,31,32,34)/t15-,20?/m0/s1. The van der Waals surface area contributed by atoms with Crippen molar-refractivity contribution in [3.8, 4) is 0 Å². The summed E-state index contributed by atoms with van der Waals surface area (Å²) in [6, 6.07) is 3.75. The quantitative estimate of drug-likeness (QED) is 0.279. The van der Waals surface area contributed by atoms with E-state index in [1.807, 2.05) is 0 Å². The molecule has 15 heteroatoms. The van der Waals surface area contributed by atoms with Crippen molar-refractivity contribution in [2.45, 2.75) is 31.0 Å². The molecule has 7 N–H and O–H groups in total. The number of carbonyl (C=O) groups is 3. The van der Waals surface area contributed by atoms with E-state index in [1.165, 1.54) is 18.3 Å². The van der Waals surface area contributed by atoms with E-state index in [0.717, 1.165) is 23.2 Å². The highest BCUT2D eigenvalue weighted by atomic mass is 35.5. The summed E-state index contributed by atoms with van der Waals surface area (Å²) >= 11 is 5.95. The molecule has 1 aliphatic heterocycles. The first-order chi connectivity index (χ1) is 18.3.